The van der Waals surface area contributed by atoms with Crippen molar-refractivity contribution in [1.82, 2.24) is 14.5 Å². The number of nitrogens with two attached hydrogens (primary N) is 1. The number of hydrogen-bond acceptors (Lipinski definition) is 4. The van der Waals surface area contributed by atoms with Gasteiger partial charge < -0.3 is 5.73 Å². The number of H-pyrrole nitrogens is 1. The quantitative estimate of drug-likeness (QED) is 0.730. The van der Waals surface area contributed by atoms with Crippen molar-refractivity contribution < 1.29 is 8.42 Å². The van der Waals surface area contributed by atoms with Crippen molar-refractivity contribution >= 4 is 15.8 Å². The zero-order valence-electron chi connectivity index (χ0n) is 7.77. The Bertz CT molecular complexity index is 434. The van der Waals surface area contributed by atoms with E-state index in [0.29, 0.717) is 0 Å². The Kier molecular flexibility index (Phi) is 2.00. The molecule has 0 aliphatic heterocycles. The summed E-state index contributed by atoms with van der Waals surface area (Å²) in [6, 6.07) is 0.134. The van der Waals surface area contributed by atoms with E-state index in [1.165, 1.54) is 10.5 Å². The summed E-state index contributed by atoms with van der Waals surface area (Å²) in [6.07, 6.45) is 3.09. The van der Waals surface area contributed by atoms with E-state index >= 15 is 0 Å². The van der Waals surface area contributed by atoms with Gasteiger partial charge in [-0.1, -0.05) is 0 Å². The Morgan fingerprint density at radius 3 is 2.71 bits per heavy atom. The van der Waals surface area contributed by atoms with Crippen LogP contribution in [-0.4, -0.2) is 36.0 Å². The largest absolute Gasteiger partial charge is 0.383 e. The maximum absolute atomic E-state index is 11.9. The minimum atomic E-state index is -3.45. The molecule has 0 saturated heterocycles. The van der Waals surface area contributed by atoms with Crippen LogP contribution in [0.3, 0.4) is 0 Å². The van der Waals surface area contributed by atoms with E-state index in [-0.39, 0.29) is 16.8 Å². The predicted octanol–water partition coefficient (Wildman–Crippen LogP) is -0.225. The van der Waals surface area contributed by atoms with E-state index < -0.39 is 10.0 Å². The first-order valence-electron chi connectivity index (χ1n) is 4.30. The van der Waals surface area contributed by atoms with Crippen LogP contribution in [0.5, 0.6) is 0 Å². The third kappa shape index (κ3) is 1.38. The SMILES string of the molecule is CN(C1CC1)S(=O)(=O)c1cn[nH]c1N. The molecule has 0 aromatic carbocycles. The van der Waals surface area contributed by atoms with Crippen LogP contribution in [0.15, 0.2) is 11.1 Å². The van der Waals surface area contributed by atoms with Crippen LogP contribution < -0.4 is 5.73 Å². The molecule has 1 saturated carbocycles. The number of nitrogen functional groups attached to an aromatic ring is 1. The molecule has 0 unspecified atom stereocenters. The fourth-order valence-corrected chi connectivity index (χ4v) is 2.70. The maximum atomic E-state index is 11.9. The van der Waals surface area contributed by atoms with Gasteiger partial charge in [-0.15, -0.1) is 0 Å². The average Bonchev–Trinajstić information content (AvgIpc) is 2.87. The maximum Gasteiger partial charge on any atom is 0.248 e. The minimum Gasteiger partial charge on any atom is -0.383 e. The number of anilines is 1. The average molecular weight is 216 g/mol. The van der Waals surface area contributed by atoms with Crippen LogP contribution in [0, 0.1) is 0 Å². The van der Waals surface area contributed by atoms with Crippen molar-refractivity contribution in [3.63, 3.8) is 0 Å². The highest BCUT2D eigenvalue weighted by Crippen LogP contribution is 2.31. The van der Waals surface area contributed by atoms with Crippen LogP contribution in [0.2, 0.25) is 0 Å². The van der Waals surface area contributed by atoms with Gasteiger partial charge >= 0.3 is 0 Å². The van der Waals surface area contributed by atoms with Gasteiger partial charge in [0.1, 0.15) is 10.7 Å². The van der Waals surface area contributed by atoms with Crippen LogP contribution >= 0.6 is 0 Å². The molecule has 78 valence electrons. The summed E-state index contributed by atoms with van der Waals surface area (Å²) >= 11 is 0. The molecule has 1 aliphatic carbocycles. The second kappa shape index (κ2) is 2.96. The molecule has 3 N–H and O–H groups in total. The lowest BCUT2D eigenvalue weighted by atomic mass is 10.7. The second-order valence-corrected chi connectivity index (χ2v) is 5.37. The standard InChI is InChI=1S/C7H12N4O2S/c1-11(5-2-3-5)14(12,13)6-4-9-10-7(6)8/h4-5H,2-3H2,1H3,(H3,8,9,10). The topological polar surface area (TPSA) is 92.1 Å². The van der Waals surface area contributed by atoms with Gasteiger partial charge in [0.2, 0.25) is 10.0 Å². The van der Waals surface area contributed by atoms with E-state index in [9.17, 15) is 8.42 Å². The van der Waals surface area contributed by atoms with Gasteiger partial charge in [-0.2, -0.15) is 9.40 Å². The van der Waals surface area contributed by atoms with Gasteiger partial charge in [0.25, 0.3) is 0 Å². The number of hydrogen-bond donors (Lipinski definition) is 2. The molecule has 6 nitrogen and oxygen atoms in total. The molecule has 0 radical (unpaired) electrons. The van der Waals surface area contributed by atoms with Crippen molar-refractivity contribution in [1.29, 1.82) is 0 Å². The number of sulfonamides is 1. The Hall–Kier alpha value is -1.08. The summed E-state index contributed by atoms with van der Waals surface area (Å²) in [5.74, 6) is 0.0949. The lowest BCUT2D eigenvalue weighted by Crippen LogP contribution is -2.29. The van der Waals surface area contributed by atoms with Crippen LogP contribution in [0.4, 0.5) is 5.82 Å². The van der Waals surface area contributed by atoms with Gasteiger partial charge in [-0.3, -0.25) is 5.10 Å². The van der Waals surface area contributed by atoms with Gasteiger partial charge in [-0.25, -0.2) is 8.42 Å². The summed E-state index contributed by atoms with van der Waals surface area (Å²) in [5, 5.41) is 6.01. The number of nitrogens with zero attached hydrogens (tertiary/aromatic N) is 2. The molecule has 1 aromatic rings. The highest BCUT2D eigenvalue weighted by atomic mass is 32.2. The zero-order chi connectivity index (χ0) is 10.3. The Morgan fingerprint density at radius 1 is 1.64 bits per heavy atom. The molecule has 0 atom stereocenters. The monoisotopic (exact) mass is 216 g/mol. The molecule has 0 amide bonds. The molecule has 0 spiro atoms. The summed E-state index contributed by atoms with van der Waals surface area (Å²) in [5.41, 5.74) is 5.46. The first kappa shape index (κ1) is 9.47. The first-order chi connectivity index (χ1) is 6.53. The Balaban J connectivity index is 2.37. The third-order valence-corrected chi connectivity index (χ3v) is 4.29. The van der Waals surface area contributed by atoms with Crippen molar-refractivity contribution in [2.75, 3.05) is 12.8 Å². The number of nitrogens with one attached hydrogen (secondary N) is 1. The number of rotatable bonds is 3. The van der Waals surface area contributed by atoms with Gasteiger partial charge in [0.05, 0.1) is 6.20 Å². The smallest absolute Gasteiger partial charge is 0.248 e. The van der Waals surface area contributed by atoms with E-state index in [0.717, 1.165) is 12.8 Å². The van der Waals surface area contributed by atoms with E-state index in [2.05, 4.69) is 10.2 Å². The number of aromatic amines is 1. The molecule has 1 fully saturated rings. The highest BCUT2D eigenvalue weighted by molar-refractivity contribution is 7.89. The van der Waals surface area contributed by atoms with Crippen LogP contribution in [0.25, 0.3) is 0 Å². The third-order valence-electron chi connectivity index (χ3n) is 2.35. The highest BCUT2D eigenvalue weighted by Gasteiger charge is 2.36. The van der Waals surface area contributed by atoms with Gasteiger partial charge in [0, 0.05) is 13.1 Å². The number of aromatic nitrogens is 2. The van der Waals surface area contributed by atoms with Gasteiger partial charge in [0.15, 0.2) is 0 Å². The van der Waals surface area contributed by atoms with Crippen molar-refractivity contribution in [2.45, 2.75) is 23.8 Å². The summed E-state index contributed by atoms with van der Waals surface area (Å²) in [4.78, 5) is 0.0619. The molecule has 1 heterocycles. The molecule has 1 aliphatic rings. The molecular weight excluding hydrogens is 204 g/mol. The first-order valence-corrected chi connectivity index (χ1v) is 5.74. The molecule has 0 bridgehead atoms. The lowest BCUT2D eigenvalue weighted by molar-refractivity contribution is 0.464. The summed E-state index contributed by atoms with van der Waals surface area (Å²) in [6.45, 7) is 0. The summed E-state index contributed by atoms with van der Waals surface area (Å²) in [7, 11) is -1.88. The van der Waals surface area contributed by atoms with E-state index in [1.807, 2.05) is 0 Å². The zero-order valence-corrected chi connectivity index (χ0v) is 8.58. The molecule has 7 heteroatoms. The molecular formula is C7H12N4O2S. The molecule has 1 aromatic heterocycles. The van der Waals surface area contributed by atoms with Gasteiger partial charge in [-0.05, 0) is 12.8 Å². The summed E-state index contributed by atoms with van der Waals surface area (Å²) < 4.78 is 25.1. The fourth-order valence-electron chi connectivity index (χ4n) is 1.28. The van der Waals surface area contributed by atoms with Crippen molar-refractivity contribution in [3.8, 4) is 0 Å². The molecule has 14 heavy (non-hydrogen) atoms. The predicted molar refractivity (Wildman–Crippen MR) is 51.0 cm³/mol. The fraction of sp³-hybridized carbons (Fsp3) is 0.571. The molecule has 2 rings (SSSR count). The van der Waals surface area contributed by atoms with Crippen molar-refractivity contribution in [2.24, 2.45) is 0 Å². The normalized spacial score (nSPS) is 17.6. The minimum absolute atomic E-state index is 0.0619. The Labute approximate surface area is 82.1 Å². The lowest BCUT2D eigenvalue weighted by Gasteiger charge is -2.14. The van der Waals surface area contributed by atoms with Crippen LogP contribution in [-0.2, 0) is 10.0 Å². The van der Waals surface area contributed by atoms with E-state index in [1.54, 1.807) is 7.05 Å². The van der Waals surface area contributed by atoms with Crippen molar-refractivity contribution in [3.05, 3.63) is 6.20 Å². The van der Waals surface area contributed by atoms with Crippen LogP contribution in [0.1, 0.15) is 12.8 Å². The van der Waals surface area contributed by atoms with E-state index in [4.69, 9.17) is 5.73 Å². The second-order valence-electron chi connectivity index (χ2n) is 3.40. The Morgan fingerprint density at radius 2 is 2.29 bits per heavy atom.